The van der Waals surface area contributed by atoms with Gasteiger partial charge in [0.1, 0.15) is 11.3 Å². The number of nitrogens with zero attached hydrogens (tertiary/aromatic N) is 3. The predicted molar refractivity (Wildman–Crippen MR) is 85.2 cm³/mol. The highest BCUT2D eigenvalue weighted by molar-refractivity contribution is 9.10. The Bertz CT molecular complexity index is 571. The zero-order valence-corrected chi connectivity index (χ0v) is 14.1. The van der Waals surface area contributed by atoms with Gasteiger partial charge in [-0.25, -0.2) is 9.97 Å². The van der Waals surface area contributed by atoms with Crippen molar-refractivity contribution in [3.63, 3.8) is 0 Å². The van der Waals surface area contributed by atoms with Crippen LogP contribution in [0.5, 0.6) is 0 Å². The highest BCUT2D eigenvalue weighted by Crippen LogP contribution is 2.25. The van der Waals surface area contributed by atoms with Crippen molar-refractivity contribution in [1.82, 2.24) is 14.5 Å². The fourth-order valence-electron chi connectivity index (χ4n) is 2.03. The number of rotatable bonds is 7. The molecule has 6 heteroatoms. The van der Waals surface area contributed by atoms with Crippen molar-refractivity contribution in [3.05, 3.63) is 22.6 Å². The minimum Gasteiger partial charge on any atom is -0.380 e. The Morgan fingerprint density at radius 2 is 2.25 bits per heavy atom. The largest absolute Gasteiger partial charge is 0.380 e. The summed E-state index contributed by atoms with van der Waals surface area (Å²) >= 11 is 9.63. The first kappa shape index (κ1) is 15.7. The molecule has 0 radical (unpaired) electrons. The van der Waals surface area contributed by atoms with E-state index in [1.807, 2.05) is 17.6 Å². The Kier molecular flexibility index (Phi) is 5.81. The van der Waals surface area contributed by atoms with Gasteiger partial charge in [0, 0.05) is 23.8 Å². The number of ether oxygens (including phenoxy) is 1. The number of halogens is 2. The van der Waals surface area contributed by atoms with Crippen LogP contribution in [0.15, 0.2) is 16.7 Å². The molecule has 1 unspecified atom stereocenters. The zero-order chi connectivity index (χ0) is 14.5. The molecule has 0 spiro atoms. The molecule has 0 aliphatic heterocycles. The molecule has 0 aliphatic rings. The van der Waals surface area contributed by atoms with Crippen molar-refractivity contribution in [3.8, 4) is 0 Å². The maximum Gasteiger partial charge on any atom is 0.160 e. The van der Waals surface area contributed by atoms with Crippen LogP contribution in [-0.4, -0.2) is 27.7 Å². The van der Waals surface area contributed by atoms with E-state index in [9.17, 15) is 0 Å². The van der Waals surface area contributed by atoms with E-state index in [0.717, 1.165) is 47.5 Å². The fraction of sp³-hybridized carbons (Fsp3) is 0.571. The molecule has 0 amide bonds. The first-order chi connectivity index (χ1) is 9.63. The van der Waals surface area contributed by atoms with Crippen molar-refractivity contribution in [2.75, 3.05) is 13.2 Å². The third-order valence-electron chi connectivity index (χ3n) is 3.04. The lowest BCUT2D eigenvalue weighted by molar-refractivity contribution is 0.123. The number of imidazole rings is 1. The van der Waals surface area contributed by atoms with E-state index in [4.69, 9.17) is 16.3 Å². The first-order valence-electron chi connectivity index (χ1n) is 6.87. The molecular formula is C14H19BrClN3O. The maximum atomic E-state index is 6.22. The highest BCUT2D eigenvalue weighted by atomic mass is 79.9. The summed E-state index contributed by atoms with van der Waals surface area (Å²) in [5.74, 6) is 0.839. The van der Waals surface area contributed by atoms with Crippen molar-refractivity contribution in [2.45, 2.75) is 38.6 Å². The molecule has 0 saturated carbocycles. The van der Waals surface area contributed by atoms with E-state index >= 15 is 0 Å². The molecule has 1 atom stereocenters. The van der Waals surface area contributed by atoms with Crippen molar-refractivity contribution < 1.29 is 4.74 Å². The number of fused-ring (bicyclic) bond motifs is 1. The van der Waals surface area contributed by atoms with E-state index in [0.29, 0.717) is 6.61 Å². The van der Waals surface area contributed by atoms with Crippen molar-refractivity contribution in [2.24, 2.45) is 0 Å². The highest BCUT2D eigenvalue weighted by Gasteiger charge is 2.15. The SMILES string of the molecule is CCCCOCCn1c(C(C)Cl)nc2cc(Br)cnc21. The quantitative estimate of drug-likeness (QED) is 0.545. The second kappa shape index (κ2) is 7.38. The number of unbranched alkanes of at least 4 members (excludes halogenated alkanes) is 1. The van der Waals surface area contributed by atoms with Crippen LogP contribution in [0.4, 0.5) is 0 Å². The number of hydrogen-bond donors (Lipinski definition) is 0. The van der Waals surface area contributed by atoms with Crippen LogP contribution in [-0.2, 0) is 11.3 Å². The Balaban J connectivity index is 2.18. The van der Waals surface area contributed by atoms with Gasteiger partial charge in [-0.05, 0) is 35.3 Å². The molecule has 2 aromatic rings. The van der Waals surface area contributed by atoms with Gasteiger partial charge in [0.25, 0.3) is 0 Å². The van der Waals surface area contributed by atoms with Crippen molar-refractivity contribution in [1.29, 1.82) is 0 Å². The maximum absolute atomic E-state index is 6.22. The van der Waals surface area contributed by atoms with E-state index in [-0.39, 0.29) is 5.38 Å². The van der Waals surface area contributed by atoms with Gasteiger partial charge in [-0.15, -0.1) is 11.6 Å². The monoisotopic (exact) mass is 359 g/mol. The Morgan fingerprint density at radius 3 is 2.95 bits per heavy atom. The topological polar surface area (TPSA) is 39.9 Å². The Labute approximate surface area is 132 Å². The number of aromatic nitrogens is 3. The molecule has 0 N–H and O–H groups in total. The third-order valence-corrected chi connectivity index (χ3v) is 3.67. The van der Waals surface area contributed by atoms with Crippen LogP contribution in [0.2, 0.25) is 0 Å². The summed E-state index contributed by atoms with van der Waals surface area (Å²) < 4.78 is 8.59. The van der Waals surface area contributed by atoms with E-state index in [2.05, 4.69) is 32.8 Å². The molecule has 0 fully saturated rings. The molecule has 2 aromatic heterocycles. The summed E-state index contributed by atoms with van der Waals surface area (Å²) in [6.07, 6.45) is 4.02. The summed E-state index contributed by atoms with van der Waals surface area (Å²) in [5.41, 5.74) is 1.71. The smallest absolute Gasteiger partial charge is 0.160 e. The second-order valence-electron chi connectivity index (χ2n) is 4.70. The van der Waals surface area contributed by atoms with Gasteiger partial charge < -0.3 is 9.30 Å². The third kappa shape index (κ3) is 3.71. The first-order valence-corrected chi connectivity index (χ1v) is 8.10. The second-order valence-corrected chi connectivity index (χ2v) is 6.27. The van der Waals surface area contributed by atoms with Crippen LogP contribution in [0.3, 0.4) is 0 Å². The lowest BCUT2D eigenvalue weighted by Crippen LogP contribution is -2.11. The minimum absolute atomic E-state index is 0.154. The van der Waals surface area contributed by atoms with Crippen LogP contribution in [0.1, 0.15) is 37.9 Å². The number of alkyl halides is 1. The Morgan fingerprint density at radius 1 is 1.45 bits per heavy atom. The van der Waals surface area contributed by atoms with E-state index < -0.39 is 0 Å². The lowest BCUT2D eigenvalue weighted by Gasteiger charge is -2.10. The minimum atomic E-state index is -0.154. The van der Waals surface area contributed by atoms with Gasteiger partial charge in [0.2, 0.25) is 0 Å². The fourth-order valence-corrected chi connectivity index (χ4v) is 2.52. The van der Waals surface area contributed by atoms with Crippen LogP contribution in [0.25, 0.3) is 11.2 Å². The normalized spacial score (nSPS) is 13.0. The summed E-state index contributed by atoms with van der Waals surface area (Å²) in [6, 6.07) is 1.96. The van der Waals surface area contributed by atoms with Gasteiger partial charge in [0.15, 0.2) is 5.65 Å². The molecule has 2 heterocycles. The molecule has 2 rings (SSSR count). The van der Waals surface area contributed by atoms with Gasteiger partial charge >= 0.3 is 0 Å². The zero-order valence-electron chi connectivity index (χ0n) is 11.8. The van der Waals surface area contributed by atoms with Crippen LogP contribution >= 0.6 is 27.5 Å². The molecule has 20 heavy (non-hydrogen) atoms. The van der Waals surface area contributed by atoms with Gasteiger partial charge in [0.05, 0.1) is 12.0 Å². The van der Waals surface area contributed by atoms with E-state index in [1.54, 1.807) is 6.20 Å². The predicted octanol–water partition coefficient (Wildman–Crippen LogP) is 4.31. The van der Waals surface area contributed by atoms with Crippen molar-refractivity contribution >= 4 is 38.7 Å². The average molecular weight is 361 g/mol. The van der Waals surface area contributed by atoms with Gasteiger partial charge in [-0.3, -0.25) is 0 Å². The number of hydrogen-bond acceptors (Lipinski definition) is 3. The molecule has 0 saturated heterocycles. The summed E-state index contributed by atoms with van der Waals surface area (Å²) in [6.45, 7) is 6.25. The van der Waals surface area contributed by atoms with Crippen LogP contribution in [0, 0.1) is 0 Å². The standard InChI is InChI=1S/C14H19BrClN3O/c1-3-4-6-20-7-5-19-13(10(2)16)18-12-8-11(15)9-17-14(12)19/h8-10H,3-7H2,1-2H3. The van der Waals surface area contributed by atoms with Crippen LogP contribution < -0.4 is 0 Å². The van der Waals surface area contributed by atoms with Gasteiger partial charge in [-0.2, -0.15) is 0 Å². The molecule has 0 bridgehead atoms. The molecule has 110 valence electrons. The molecule has 0 aromatic carbocycles. The summed E-state index contributed by atoms with van der Waals surface area (Å²) in [7, 11) is 0. The molecular weight excluding hydrogens is 342 g/mol. The van der Waals surface area contributed by atoms with Gasteiger partial charge in [-0.1, -0.05) is 13.3 Å². The van der Waals surface area contributed by atoms with E-state index in [1.165, 1.54) is 0 Å². The molecule has 0 aliphatic carbocycles. The summed E-state index contributed by atoms with van der Waals surface area (Å²) in [5, 5.41) is -0.154. The average Bonchev–Trinajstić information content (AvgIpc) is 2.76. The molecule has 4 nitrogen and oxygen atoms in total. The lowest BCUT2D eigenvalue weighted by atomic mass is 10.4. The Hall–Kier alpha value is -0.650. The summed E-state index contributed by atoms with van der Waals surface area (Å²) in [4.78, 5) is 9.01. The number of pyridine rings is 1.